The number of sulfone groups is 1. The number of ether oxygens (including phenoxy) is 4. The molecule has 8 aromatic carbocycles. The normalized spacial score (nSPS) is 16.3. The van der Waals surface area contributed by atoms with Crippen LogP contribution in [0.3, 0.4) is 0 Å². The minimum atomic E-state index is -3.48. The number of para-hydroxylation sites is 3. The van der Waals surface area contributed by atoms with E-state index in [-0.39, 0.29) is 75.2 Å². The monoisotopic (exact) mass is 1620 g/mol. The van der Waals surface area contributed by atoms with E-state index in [1.165, 1.54) is 139 Å². The maximum absolute atomic E-state index is 12.2. The summed E-state index contributed by atoms with van der Waals surface area (Å²) in [4.78, 5) is 35.7. The van der Waals surface area contributed by atoms with Gasteiger partial charge in [0.2, 0.25) is 9.84 Å². The number of carbonyl (C=O) groups excluding carboxylic acids is 4. The molecule has 0 saturated heterocycles. The van der Waals surface area contributed by atoms with Gasteiger partial charge in [-0.25, -0.2) is 8.42 Å². The van der Waals surface area contributed by atoms with E-state index in [1.54, 1.807) is 160 Å². The van der Waals surface area contributed by atoms with E-state index in [0.717, 1.165) is 0 Å². The van der Waals surface area contributed by atoms with Crippen molar-refractivity contribution in [2.45, 2.75) is 151 Å². The van der Waals surface area contributed by atoms with Crippen LogP contribution in [0.25, 0.3) is 0 Å². The predicted octanol–water partition coefficient (Wildman–Crippen LogP) is 19.5. The Morgan fingerprint density at radius 2 is 0.562 bits per heavy atom. The van der Waals surface area contributed by atoms with E-state index in [2.05, 4.69) is 46.6 Å². The van der Waals surface area contributed by atoms with E-state index in [0.29, 0.717) is 40.0 Å². The summed E-state index contributed by atoms with van der Waals surface area (Å²) in [6, 6.07) is 69.5. The van der Waals surface area contributed by atoms with Crippen molar-refractivity contribution in [2.75, 3.05) is 51.4 Å². The number of nitrogens with two attached hydrogens (primary N) is 4. The molecule has 11 N–H and O–H groups in total. The van der Waals surface area contributed by atoms with Crippen molar-refractivity contribution in [1.29, 1.82) is 0 Å². The van der Waals surface area contributed by atoms with Gasteiger partial charge in [0.15, 0.2) is 0 Å². The molecule has 2 radical (unpaired) electrons. The SMILES string of the molecule is C1CC2C(C1)C1CC2C2C3CCC(C3)C12.CC.CC.CC.CC.CCC.CCC.CO[C-]=O.CO[C-]=O.CO[C-]=O.CO[C-]=O.Nc1ccc(S(=O)(=O)c2ccc(N)cc2)cc1.Nc1cccc(N)c1.Oc1ccccc1.Oc1ccccc1.Oc1ccccc1.[Y].[Y].c1ccccc1.c1ccccc1. The first kappa shape index (κ1) is 111. The molecular formula is C85H124N4O13SY2-4. The van der Waals surface area contributed by atoms with Crippen LogP contribution >= 0.6 is 0 Å². The Hall–Kier alpha value is -7.60. The van der Waals surface area contributed by atoms with Gasteiger partial charge in [0, 0.05) is 117 Å². The summed E-state index contributed by atoms with van der Waals surface area (Å²) in [5.74, 6) is 10.7. The number of aromatic hydroxyl groups is 3. The molecule has 8 unspecified atom stereocenters. The van der Waals surface area contributed by atoms with Gasteiger partial charge in [-0.3, -0.25) is 0 Å². The first-order valence-corrected chi connectivity index (χ1v) is 36.8. The minimum absolute atomic E-state index is 0. The van der Waals surface area contributed by atoms with Gasteiger partial charge < -0.3 is 76.4 Å². The Morgan fingerprint density at radius 3 is 0.743 bits per heavy atom. The number of rotatable bonds is 6. The number of phenols is 3. The second kappa shape index (κ2) is 79.0. The summed E-state index contributed by atoms with van der Waals surface area (Å²) < 4.78 is 39.3. The Balaban J connectivity index is -0.000000202. The maximum atomic E-state index is 12.2. The molecular weight excluding hydrogens is 1490 g/mol. The molecule has 0 aliphatic heterocycles. The largest absolute Gasteiger partial charge is 0.655 e. The van der Waals surface area contributed by atoms with Gasteiger partial charge in [-0.15, -0.1) is 0 Å². The third kappa shape index (κ3) is 54.6. The van der Waals surface area contributed by atoms with E-state index in [1.807, 2.05) is 152 Å². The number of fused-ring (bicyclic) bond motifs is 12. The average Bonchev–Trinajstić information content (AvgIpc) is 1.54. The number of nitrogen functional groups attached to an aromatic ring is 4. The quantitative estimate of drug-likeness (QED) is 0.0352. The first-order chi connectivity index (χ1) is 49.9. The van der Waals surface area contributed by atoms with Gasteiger partial charge in [-0.05, 0) is 189 Å². The summed E-state index contributed by atoms with van der Waals surface area (Å²) in [6.45, 7) is 29.2. The fraction of sp³-hybridized carbons (Fsp3) is 0.388. The fourth-order valence-corrected chi connectivity index (χ4v) is 12.6. The molecule has 0 heterocycles. The van der Waals surface area contributed by atoms with Gasteiger partial charge in [0.05, 0.1) is 9.79 Å². The molecule has 0 spiro atoms. The molecule has 5 fully saturated rings. The Kier molecular flexibility index (Phi) is 83.3. The third-order valence-electron chi connectivity index (χ3n) is 14.5. The Labute approximate surface area is 683 Å². The zero-order valence-corrected chi connectivity index (χ0v) is 71.8. The van der Waals surface area contributed by atoms with Crippen LogP contribution in [0.15, 0.2) is 246 Å². The summed E-state index contributed by atoms with van der Waals surface area (Å²) in [6.07, 6.45) is 13.9. The smallest absolute Gasteiger partial charge is 0.206 e. The van der Waals surface area contributed by atoms with Gasteiger partial charge in [-0.1, -0.05) is 262 Å². The molecule has 17 nitrogen and oxygen atoms in total. The molecule has 105 heavy (non-hydrogen) atoms. The van der Waals surface area contributed by atoms with Crippen molar-refractivity contribution in [2.24, 2.45) is 47.3 Å². The molecule has 5 saturated carbocycles. The van der Waals surface area contributed by atoms with Crippen molar-refractivity contribution in [3.8, 4) is 17.2 Å². The summed E-state index contributed by atoms with van der Waals surface area (Å²) in [5, 5.41) is 25.9. The molecule has 0 amide bonds. The van der Waals surface area contributed by atoms with E-state index in [4.69, 9.17) is 57.4 Å². The summed E-state index contributed by atoms with van der Waals surface area (Å²) in [5.41, 5.74) is 24.3. The fourth-order valence-electron chi connectivity index (χ4n) is 11.3. The first-order valence-electron chi connectivity index (χ1n) is 35.3. The molecule has 5 aliphatic carbocycles. The van der Waals surface area contributed by atoms with Crippen LogP contribution in [0, 0.1) is 47.3 Å². The van der Waals surface area contributed by atoms with Crippen molar-refractivity contribution in [3.05, 3.63) is 237 Å². The van der Waals surface area contributed by atoms with Crippen LogP contribution in [0.1, 0.15) is 141 Å². The van der Waals surface area contributed by atoms with Crippen molar-refractivity contribution < 1.29 is 127 Å². The maximum Gasteiger partial charge on any atom is 0.206 e. The van der Waals surface area contributed by atoms with Crippen LogP contribution in [-0.2, 0) is 113 Å². The number of hydrogen-bond donors (Lipinski definition) is 7. The van der Waals surface area contributed by atoms with Crippen LogP contribution < -0.4 is 22.9 Å². The van der Waals surface area contributed by atoms with Gasteiger partial charge >= 0.3 is 0 Å². The van der Waals surface area contributed by atoms with Crippen molar-refractivity contribution in [1.82, 2.24) is 0 Å². The van der Waals surface area contributed by atoms with Crippen molar-refractivity contribution >= 4 is 58.5 Å². The van der Waals surface area contributed by atoms with E-state index >= 15 is 0 Å². The zero-order valence-electron chi connectivity index (χ0n) is 65.3. The number of hydrogen-bond acceptors (Lipinski definition) is 17. The van der Waals surface area contributed by atoms with Gasteiger partial charge in [-0.2, -0.15) is 0 Å². The van der Waals surface area contributed by atoms with Crippen molar-refractivity contribution in [3.63, 3.8) is 0 Å². The average molecular weight is 1620 g/mol. The van der Waals surface area contributed by atoms with Gasteiger partial charge in [0.25, 0.3) is 0 Å². The number of benzene rings is 8. The number of anilines is 4. The van der Waals surface area contributed by atoms with E-state index < -0.39 is 9.84 Å². The molecule has 20 heteroatoms. The topological polar surface area (TPSA) is 304 Å². The third-order valence-corrected chi connectivity index (χ3v) is 16.3. The predicted molar refractivity (Wildman–Crippen MR) is 428 cm³/mol. The van der Waals surface area contributed by atoms with Crippen LogP contribution in [0.5, 0.6) is 17.2 Å². The standard InChI is InChI=1S/C15H22.C12H12N2O2S.C6H8N2.3C6H6O.2C6H6.2C3H8.4C2H3O2.4C2H6.2Y/c1-2-10-11(3-1)13-7-12(10)14-8-4-5-9(6-8)15(13)14;13-9-1-5-11(6-2-9)17(15,16)12-7-3-10(14)4-8-12;7-5-2-1-3-6(8)4-5;3*7-6-4-2-1-3-5-6;2*1-2-4-6-5-3-1;2*1-3-2;4*1-4-2-3;4*1-2;;/h8-15H,1-7H2;1-8H,13-14H2;1-4H,7-8H2;3*1-5,7H;2*1-6H;2*3H2,1-2H3;4*1H3;4*1-2H3;;/q;;;;;;;;;;4*-1;;;;;;. The molecule has 8 aromatic rings. The Morgan fingerprint density at radius 1 is 0.343 bits per heavy atom. The van der Waals surface area contributed by atoms with Gasteiger partial charge in [0.1, 0.15) is 17.2 Å². The second-order valence-corrected chi connectivity index (χ2v) is 23.5. The molecule has 578 valence electrons. The molecule has 0 aromatic heterocycles. The van der Waals surface area contributed by atoms with Crippen LogP contribution in [0.2, 0.25) is 0 Å². The number of methoxy groups -OCH3 is 4. The summed E-state index contributed by atoms with van der Waals surface area (Å²) in [7, 11) is 1.54. The molecule has 13 rings (SSSR count). The molecule has 8 atom stereocenters. The van der Waals surface area contributed by atoms with Crippen LogP contribution in [0.4, 0.5) is 22.7 Å². The zero-order chi connectivity index (χ0) is 78.9. The Bertz CT molecular complexity index is 2910. The number of phenolic OH excluding ortho intramolecular Hbond substituents is 3. The molecule has 5 aliphatic rings. The second-order valence-electron chi connectivity index (χ2n) is 21.5. The minimum Gasteiger partial charge on any atom is -0.655 e. The van der Waals surface area contributed by atoms with Crippen LogP contribution in [-0.4, -0.2) is 78.1 Å². The molecule has 4 bridgehead atoms. The van der Waals surface area contributed by atoms with E-state index in [9.17, 15) is 8.42 Å². The summed E-state index contributed by atoms with van der Waals surface area (Å²) >= 11 is 0.